The summed E-state index contributed by atoms with van der Waals surface area (Å²) < 4.78 is 5.30. The van der Waals surface area contributed by atoms with Gasteiger partial charge in [0.2, 0.25) is 0 Å². The molecule has 1 saturated heterocycles. The molecule has 2 N–H and O–H groups in total. The van der Waals surface area contributed by atoms with Crippen molar-refractivity contribution in [3.8, 4) is 0 Å². The van der Waals surface area contributed by atoms with Crippen LogP contribution in [0.5, 0.6) is 0 Å². The van der Waals surface area contributed by atoms with Crippen LogP contribution in [0.2, 0.25) is 0 Å². The Bertz CT molecular complexity index is 577. The summed E-state index contributed by atoms with van der Waals surface area (Å²) in [6.45, 7) is 0.939. The fourth-order valence-electron chi connectivity index (χ4n) is 2.90. The SMILES string of the molecule is O=C(O)CC1(NC(=O)c2ccnc(C3CC3)c2)CCOCC1. The fraction of sp³-hybridized carbons (Fsp3) is 0.562. The molecule has 0 spiro atoms. The summed E-state index contributed by atoms with van der Waals surface area (Å²) in [4.78, 5) is 28.0. The van der Waals surface area contributed by atoms with Gasteiger partial charge in [0.15, 0.2) is 0 Å². The third-order valence-electron chi connectivity index (χ3n) is 4.36. The molecule has 2 aliphatic rings. The topological polar surface area (TPSA) is 88.5 Å². The van der Waals surface area contributed by atoms with Gasteiger partial charge in [-0.3, -0.25) is 14.6 Å². The molecule has 1 aliphatic heterocycles. The number of carbonyl (C=O) groups excluding carboxylic acids is 1. The van der Waals surface area contributed by atoms with Crippen LogP contribution in [-0.4, -0.2) is 40.7 Å². The average Bonchev–Trinajstić information content (AvgIpc) is 3.32. The standard InChI is InChI=1S/C16H20N2O4/c19-14(20)10-16(4-7-22-8-5-16)18-15(21)12-3-6-17-13(9-12)11-1-2-11/h3,6,9,11H,1-2,4-5,7-8,10H2,(H,18,21)(H,19,20). The summed E-state index contributed by atoms with van der Waals surface area (Å²) >= 11 is 0. The van der Waals surface area contributed by atoms with Crippen LogP contribution in [-0.2, 0) is 9.53 Å². The quantitative estimate of drug-likeness (QED) is 0.864. The average molecular weight is 304 g/mol. The van der Waals surface area contributed by atoms with Gasteiger partial charge in [0.1, 0.15) is 0 Å². The van der Waals surface area contributed by atoms with Crippen molar-refractivity contribution in [1.82, 2.24) is 10.3 Å². The predicted octanol–water partition coefficient (Wildman–Crippen LogP) is 1.71. The summed E-state index contributed by atoms with van der Waals surface area (Å²) in [5, 5.41) is 12.1. The second-order valence-electron chi connectivity index (χ2n) is 6.16. The summed E-state index contributed by atoms with van der Waals surface area (Å²) in [5.74, 6) is -0.660. The highest BCUT2D eigenvalue weighted by Gasteiger charge is 2.37. The van der Waals surface area contributed by atoms with E-state index >= 15 is 0 Å². The van der Waals surface area contributed by atoms with Crippen LogP contribution in [0.3, 0.4) is 0 Å². The van der Waals surface area contributed by atoms with E-state index in [4.69, 9.17) is 9.84 Å². The van der Waals surface area contributed by atoms with E-state index in [9.17, 15) is 9.59 Å². The third kappa shape index (κ3) is 3.44. The molecule has 1 saturated carbocycles. The number of pyridine rings is 1. The number of aliphatic carboxylic acids is 1. The molecule has 6 heteroatoms. The van der Waals surface area contributed by atoms with Gasteiger partial charge in [0.25, 0.3) is 5.91 Å². The maximum Gasteiger partial charge on any atom is 0.305 e. The van der Waals surface area contributed by atoms with Gasteiger partial charge < -0.3 is 15.2 Å². The minimum atomic E-state index is -0.907. The van der Waals surface area contributed by atoms with E-state index in [-0.39, 0.29) is 12.3 Å². The summed E-state index contributed by atoms with van der Waals surface area (Å²) in [5.41, 5.74) is 0.782. The molecular weight excluding hydrogens is 284 g/mol. The van der Waals surface area contributed by atoms with E-state index in [0.717, 1.165) is 18.5 Å². The number of carbonyl (C=O) groups is 2. The smallest absolute Gasteiger partial charge is 0.305 e. The van der Waals surface area contributed by atoms with Crippen LogP contribution in [0.1, 0.15) is 54.1 Å². The summed E-state index contributed by atoms with van der Waals surface area (Å²) in [6, 6.07) is 3.50. The Morgan fingerprint density at radius 1 is 1.36 bits per heavy atom. The molecule has 0 aromatic carbocycles. The van der Waals surface area contributed by atoms with Crippen LogP contribution in [0.4, 0.5) is 0 Å². The highest BCUT2D eigenvalue weighted by atomic mass is 16.5. The number of amides is 1. The maximum atomic E-state index is 12.5. The van der Waals surface area contributed by atoms with Gasteiger partial charge in [-0.2, -0.15) is 0 Å². The largest absolute Gasteiger partial charge is 0.481 e. The van der Waals surface area contributed by atoms with E-state index in [2.05, 4.69) is 10.3 Å². The Balaban J connectivity index is 1.75. The van der Waals surface area contributed by atoms with Crippen molar-refractivity contribution in [3.63, 3.8) is 0 Å². The third-order valence-corrected chi connectivity index (χ3v) is 4.36. The highest BCUT2D eigenvalue weighted by Crippen LogP contribution is 2.39. The van der Waals surface area contributed by atoms with Crippen LogP contribution < -0.4 is 5.32 Å². The van der Waals surface area contributed by atoms with Gasteiger partial charge >= 0.3 is 5.97 Å². The zero-order valence-electron chi connectivity index (χ0n) is 12.4. The second kappa shape index (κ2) is 6.04. The molecule has 1 aromatic heterocycles. The first-order valence-corrected chi connectivity index (χ1v) is 7.66. The number of nitrogens with zero attached hydrogens (tertiary/aromatic N) is 1. The Morgan fingerprint density at radius 2 is 2.09 bits per heavy atom. The Morgan fingerprint density at radius 3 is 2.73 bits per heavy atom. The first kappa shape index (κ1) is 15.0. The lowest BCUT2D eigenvalue weighted by Crippen LogP contribution is -2.53. The van der Waals surface area contributed by atoms with Gasteiger partial charge in [0.05, 0.1) is 12.0 Å². The van der Waals surface area contributed by atoms with Gasteiger partial charge in [-0.25, -0.2) is 0 Å². The molecular formula is C16H20N2O4. The molecule has 2 heterocycles. The van der Waals surface area contributed by atoms with E-state index < -0.39 is 11.5 Å². The van der Waals surface area contributed by atoms with Gasteiger partial charge in [0, 0.05) is 36.6 Å². The van der Waals surface area contributed by atoms with E-state index in [1.165, 1.54) is 0 Å². The maximum absolute atomic E-state index is 12.5. The highest BCUT2D eigenvalue weighted by molar-refractivity contribution is 5.95. The number of ether oxygens (including phenoxy) is 1. The first-order valence-electron chi connectivity index (χ1n) is 7.66. The van der Waals surface area contributed by atoms with Crippen LogP contribution in [0.25, 0.3) is 0 Å². The molecule has 118 valence electrons. The fourth-order valence-corrected chi connectivity index (χ4v) is 2.90. The summed E-state index contributed by atoms with van der Waals surface area (Å²) in [7, 11) is 0. The van der Waals surface area contributed by atoms with E-state index in [0.29, 0.717) is 37.5 Å². The number of nitrogens with one attached hydrogen (secondary N) is 1. The lowest BCUT2D eigenvalue weighted by atomic mass is 9.86. The van der Waals surface area contributed by atoms with Crippen LogP contribution in [0, 0.1) is 0 Å². The monoisotopic (exact) mass is 304 g/mol. The number of hydrogen-bond donors (Lipinski definition) is 2. The molecule has 0 unspecified atom stereocenters. The van der Waals surface area contributed by atoms with E-state index in [1.54, 1.807) is 12.3 Å². The normalized spacial score (nSPS) is 20.4. The minimum absolute atomic E-state index is 0.0807. The first-order chi connectivity index (χ1) is 10.6. The summed E-state index contributed by atoms with van der Waals surface area (Å²) in [6.07, 6.45) is 4.85. The molecule has 3 rings (SSSR count). The van der Waals surface area contributed by atoms with Crippen LogP contribution in [0.15, 0.2) is 18.3 Å². The molecule has 0 bridgehead atoms. The van der Waals surface area contributed by atoms with Crippen molar-refractivity contribution >= 4 is 11.9 Å². The molecule has 1 amide bonds. The molecule has 1 aliphatic carbocycles. The van der Waals surface area contributed by atoms with Gasteiger partial charge in [-0.15, -0.1) is 0 Å². The predicted molar refractivity (Wildman–Crippen MR) is 78.7 cm³/mol. The molecule has 2 fully saturated rings. The van der Waals surface area contributed by atoms with Crippen molar-refractivity contribution < 1.29 is 19.4 Å². The molecule has 6 nitrogen and oxygen atoms in total. The molecule has 1 aromatic rings. The van der Waals surface area contributed by atoms with Gasteiger partial charge in [-0.05, 0) is 37.8 Å². The number of carboxylic acid groups (broad SMARTS) is 1. The Kier molecular flexibility index (Phi) is 4.11. The van der Waals surface area contributed by atoms with Gasteiger partial charge in [-0.1, -0.05) is 0 Å². The zero-order chi connectivity index (χ0) is 15.6. The zero-order valence-corrected chi connectivity index (χ0v) is 12.4. The number of aromatic nitrogens is 1. The number of carboxylic acids is 1. The van der Waals surface area contributed by atoms with Crippen molar-refractivity contribution in [2.75, 3.05) is 13.2 Å². The van der Waals surface area contributed by atoms with Crippen molar-refractivity contribution in [2.45, 2.75) is 43.6 Å². The number of hydrogen-bond acceptors (Lipinski definition) is 4. The Labute approximate surface area is 128 Å². The molecule has 22 heavy (non-hydrogen) atoms. The Hall–Kier alpha value is -1.95. The minimum Gasteiger partial charge on any atom is -0.481 e. The molecule has 0 radical (unpaired) electrons. The van der Waals surface area contributed by atoms with Crippen molar-refractivity contribution in [1.29, 1.82) is 0 Å². The van der Waals surface area contributed by atoms with Crippen molar-refractivity contribution in [3.05, 3.63) is 29.6 Å². The lowest BCUT2D eigenvalue weighted by molar-refractivity contribution is -0.139. The van der Waals surface area contributed by atoms with Crippen molar-refractivity contribution in [2.24, 2.45) is 0 Å². The van der Waals surface area contributed by atoms with E-state index in [1.807, 2.05) is 6.07 Å². The lowest BCUT2D eigenvalue weighted by Gasteiger charge is -2.36. The second-order valence-corrected chi connectivity index (χ2v) is 6.16. The van der Waals surface area contributed by atoms with Crippen LogP contribution >= 0.6 is 0 Å². The molecule has 0 atom stereocenters. The number of rotatable bonds is 5.